The zero-order valence-corrected chi connectivity index (χ0v) is 6.93. The van der Waals surface area contributed by atoms with E-state index in [1.807, 2.05) is 0 Å². The molecule has 1 N–H and O–H groups in total. The Hall–Kier alpha value is -1.91. The Morgan fingerprint density at radius 2 is 2.31 bits per heavy atom. The van der Waals surface area contributed by atoms with Crippen LogP contribution in [-0.2, 0) is 0 Å². The molecule has 2 aromatic rings. The maximum Gasteiger partial charge on any atom is 0.264 e. The van der Waals surface area contributed by atoms with Gasteiger partial charge >= 0.3 is 0 Å². The summed E-state index contributed by atoms with van der Waals surface area (Å²) in [6, 6.07) is 0. The quantitative estimate of drug-likeness (QED) is 0.619. The van der Waals surface area contributed by atoms with Crippen LogP contribution in [-0.4, -0.2) is 19.5 Å². The molecule has 0 saturated carbocycles. The smallest absolute Gasteiger partial charge is 0.264 e. The minimum atomic E-state index is -0.273. The van der Waals surface area contributed by atoms with E-state index >= 15 is 0 Å². The van der Waals surface area contributed by atoms with Crippen LogP contribution in [0.2, 0.25) is 0 Å². The molecule has 0 saturated heterocycles. The van der Waals surface area contributed by atoms with Crippen molar-refractivity contribution in [3.8, 4) is 5.88 Å². The van der Waals surface area contributed by atoms with Crippen LogP contribution in [0, 0.1) is 6.92 Å². The molecule has 2 heterocycles. The monoisotopic (exact) mass is 177 g/mol. The molecule has 0 aliphatic rings. The van der Waals surface area contributed by atoms with Gasteiger partial charge in [0, 0.05) is 12.4 Å². The van der Waals surface area contributed by atoms with Crippen molar-refractivity contribution < 1.29 is 5.11 Å². The highest BCUT2D eigenvalue weighted by Crippen LogP contribution is 2.07. The average Bonchev–Trinajstić information content (AvgIpc) is 2.15. The lowest BCUT2D eigenvalue weighted by molar-refractivity contribution is 0.448. The van der Waals surface area contributed by atoms with E-state index in [1.54, 1.807) is 0 Å². The molecule has 5 heteroatoms. The fourth-order valence-electron chi connectivity index (χ4n) is 1.08. The second-order valence-electron chi connectivity index (χ2n) is 2.67. The van der Waals surface area contributed by atoms with Gasteiger partial charge in [-0.1, -0.05) is 0 Å². The Labute approximate surface area is 73.3 Å². The first kappa shape index (κ1) is 7.72. The van der Waals surface area contributed by atoms with Crippen LogP contribution in [0.25, 0.3) is 5.65 Å². The number of hydrogen-bond donors (Lipinski definition) is 1. The fourth-order valence-corrected chi connectivity index (χ4v) is 1.08. The molecule has 0 amide bonds. The Morgan fingerprint density at radius 1 is 1.54 bits per heavy atom. The van der Waals surface area contributed by atoms with Crippen molar-refractivity contribution >= 4 is 5.65 Å². The highest BCUT2D eigenvalue weighted by Gasteiger charge is 2.05. The first-order valence-electron chi connectivity index (χ1n) is 3.72. The van der Waals surface area contributed by atoms with Crippen LogP contribution in [0.1, 0.15) is 5.56 Å². The summed E-state index contributed by atoms with van der Waals surface area (Å²) in [5.74, 6) is -0.238. The van der Waals surface area contributed by atoms with Crippen molar-refractivity contribution in [2.24, 2.45) is 0 Å². The molecule has 0 bridgehead atoms. The van der Waals surface area contributed by atoms with Crippen LogP contribution >= 0.6 is 0 Å². The van der Waals surface area contributed by atoms with Crippen molar-refractivity contribution in [1.82, 2.24) is 14.4 Å². The van der Waals surface area contributed by atoms with Gasteiger partial charge in [0.2, 0.25) is 5.88 Å². The Bertz CT molecular complexity index is 518. The largest absolute Gasteiger partial charge is 0.493 e. The number of aromatic nitrogens is 3. The Morgan fingerprint density at radius 3 is 3.08 bits per heavy atom. The van der Waals surface area contributed by atoms with Crippen molar-refractivity contribution in [3.05, 3.63) is 34.5 Å². The third kappa shape index (κ3) is 1.05. The van der Waals surface area contributed by atoms with Gasteiger partial charge in [0.1, 0.15) is 0 Å². The van der Waals surface area contributed by atoms with E-state index in [9.17, 15) is 9.90 Å². The fraction of sp³-hybridized carbons (Fsp3) is 0.125. The summed E-state index contributed by atoms with van der Waals surface area (Å²) in [6.45, 7) is 1.53. The topological polar surface area (TPSA) is 67.5 Å². The first-order valence-corrected chi connectivity index (χ1v) is 3.72. The zero-order chi connectivity index (χ0) is 9.42. The molecule has 2 rings (SSSR count). The van der Waals surface area contributed by atoms with Crippen LogP contribution in [0.15, 0.2) is 23.4 Å². The summed E-state index contributed by atoms with van der Waals surface area (Å²) >= 11 is 0. The molecule has 0 aromatic carbocycles. The standard InChI is InChI=1S/C8H7N3O2/c1-5-7(12)10-6-4-9-2-3-11(6)8(5)13/h2-4,12H,1H3. The Balaban J connectivity index is 3.03. The number of hydrogen-bond acceptors (Lipinski definition) is 4. The second kappa shape index (κ2) is 2.55. The molecule has 5 nitrogen and oxygen atoms in total. The number of aromatic hydroxyl groups is 1. The molecule has 0 unspecified atom stereocenters. The normalized spacial score (nSPS) is 10.5. The summed E-state index contributed by atoms with van der Waals surface area (Å²) in [5, 5.41) is 9.25. The third-order valence-electron chi connectivity index (χ3n) is 1.83. The highest BCUT2D eigenvalue weighted by atomic mass is 16.3. The summed E-state index contributed by atoms with van der Waals surface area (Å²) in [7, 11) is 0. The van der Waals surface area contributed by atoms with E-state index in [0.717, 1.165) is 0 Å². The maximum atomic E-state index is 11.5. The van der Waals surface area contributed by atoms with Crippen LogP contribution < -0.4 is 5.56 Å². The molecule has 2 aromatic heterocycles. The van der Waals surface area contributed by atoms with E-state index in [4.69, 9.17) is 0 Å². The lowest BCUT2D eigenvalue weighted by Gasteiger charge is -2.01. The van der Waals surface area contributed by atoms with Gasteiger partial charge < -0.3 is 5.11 Å². The van der Waals surface area contributed by atoms with Crippen LogP contribution in [0.5, 0.6) is 5.88 Å². The number of rotatable bonds is 0. The van der Waals surface area contributed by atoms with Gasteiger partial charge in [-0.2, -0.15) is 4.98 Å². The van der Waals surface area contributed by atoms with Crippen molar-refractivity contribution in [1.29, 1.82) is 0 Å². The lowest BCUT2D eigenvalue weighted by atomic mass is 10.3. The molecule has 13 heavy (non-hydrogen) atoms. The summed E-state index contributed by atoms with van der Waals surface area (Å²) in [4.78, 5) is 19.1. The van der Waals surface area contributed by atoms with Gasteiger partial charge in [-0.05, 0) is 6.92 Å². The van der Waals surface area contributed by atoms with Crippen molar-refractivity contribution in [2.45, 2.75) is 6.92 Å². The van der Waals surface area contributed by atoms with Gasteiger partial charge in [-0.3, -0.25) is 14.2 Å². The van der Waals surface area contributed by atoms with Crippen molar-refractivity contribution in [2.75, 3.05) is 0 Å². The summed E-state index contributed by atoms with van der Waals surface area (Å²) in [5.41, 5.74) is 0.309. The minimum absolute atomic E-state index is 0.238. The van der Waals surface area contributed by atoms with E-state index in [2.05, 4.69) is 9.97 Å². The average molecular weight is 177 g/mol. The SMILES string of the molecule is Cc1c(O)nc2cnccn2c1=O. The van der Waals surface area contributed by atoms with Crippen LogP contribution in [0.3, 0.4) is 0 Å². The lowest BCUT2D eigenvalue weighted by Crippen LogP contribution is -2.17. The number of fused-ring (bicyclic) bond motifs is 1. The van der Waals surface area contributed by atoms with Gasteiger partial charge in [-0.15, -0.1) is 0 Å². The van der Waals surface area contributed by atoms with E-state index < -0.39 is 0 Å². The zero-order valence-electron chi connectivity index (χ0n) is 6.93. The molecule has 0 radical (unpaired) electrons. The maximum absolute atomic E-state index is 11.5. The summed E-state index contributed by atoms with van der Waals surface area (Å²) < 4.78 is 1.34. The van der Waals surface area contributed by atoms with Gasteiger partial charge in [0.15, 0.2) is 5.65 Å². The highest BCUT2D eigenvalue weighted by molar-refractivity contribution is 5.39. The molecule has 66 valence electrons. The molecule has 0 aliphatic carbocycles. The minimum Gasteiger partial charge on any atom is -0.493 e. The molecular formula is C8H7N3O2. The molecule has 0 atom stereocenters. The molecule has 0 spiro atoms. The third-order valence-corrected chi connectivity index (χ3v) is 1.83. The van der Waals surface area contributed by atoms with E-state index in [1.165, 1.54) is 29.9 Å². The van der Waals surface area contributed by atoms with Gasteiger partial charge in [0.25, 0.3) is 5.56 Å². The van der Waals surface area contributed by atoms with Gasteiger partial charge in [-0.25, -0.2) is 0 Å². The van der Waals surface area contributed by atoms with E-state index in [0.29, 0.717) is 5.65 Å². The van der Waals surface area contributed by atoms with E-state index in [-0.39, 0.29) is 17.0 Å². The Kier molecular flexibility index (Phi) is 1.51. The molecule has 0 fully saturated rings. The van der Waals surface area contributed by atoms with Crippen LogP contribution in [0.4, 0.5) is 0 Å². The molecular weight excluding hydrogens is 170 g/mol. The molecule has 0 aliphatic heterocycles. The van der Waals surface area contributed by atoms with Crippen molar-refractivity contribution in [3.63, 3.8) is 0 Å². The second-order valence-corrected chi connectivity index (χ2v) is 2.67. The summed E-state index contributed by atoms with van der Waals surface area (Å²) in [6.07, 6.45) is 4.42. The first-order chi connectivity index (χ1) is 6.20. The van der Waals surface area contributed by atoms with Gasteiger partial charge in [0.05, 0.1) is 11.8 Å². The number of nitrogens with zero attached hydrogens (tertiary/aromatic N) is 3. The predicted molar refractivity (Wildman–Crippen MR) is 45.7 cm³/mol. The predicted octanol–water partition coefficient (Wildman–Crippen LogP) is 0.104.